The van der Waals surface area contributed by atoms with Gasteiger partial charge in [0.1, 0.15) is 22.9 Å². The van der Waals surface area contributed by atoms with Gasteiger partial charge in [0.05, 0.1) is 11.6 Å². The number of benzene rings is 2. The molecule has 5 nitrogen and oxygen atoms in total. The van der Waals surface area contributed by atoms with Crippen LogP contribution in [0.4, 0.5) is 17.6 Å². The van der Waals surface area contributed by atoms with Crippen molar-refractivity contribution in [1.29, 1.82) is 0 Å². The Morgan fingerprint density at radius 1 is 1.12 bits per heavy atom. The highest BCUT2D eigenvalue weighted by molar-refractivity contribution is 5.91. The number of ether oxygens (including phenoxy) is 1. The Kier molecular flexibility index (Phi) is 6.22. The number of halogens is 5. The number of carbonyl (C=O) groups is 1. The Hall–Kier alpha value is -2.52. The first-order chi connectivity index (χ1) is 11.1. The molecule has 0 aliphatic carbocycles. The summed E-state index contributed by atoms with van der Waals surface area (Å²) >= 11 is 0. The van der Waals surface area contributed by atoms with Crippen LogP contribution >= 0.6 is 12.4 Å². The molecule has 0 aliphatic heterocycles. The maximum Gasteiger partial charge on any atom is 0.573 e. The summed E-state index contributed by atoms with van der Waals surface area (Å²) in [6.07, 6.45) is -4.86. The van der Waals surface area contributed by atoms with E-state index >= 15 is 0 Å². The Bertz CT molecular complexity index is 765. The number of hydrogen-bond donors (Lipinski definition) is 3. The van der Waals surface area contributed by atoms with Crippen molar-refractivity contribution in [3.63, 3.8) is 0 Å². The van der Waals surface area contributed by atoms with E-state index in [9.17, 15) is 27.5 Å². The molecule has 0 aromatic heterocycles. The molecule has 1 atom stereocenters. The van der Waals surface area contributed by atoms with Gasteiger partial charge >= 0.3 is 12.3 Å². The third-order valence-corrected chi connectivity index (χ3v) is 3.18. The largest absolute Gasteiger partial charge is 0.573 e. The van der Waals surface area contributed by atoms with Crippen molar-refractivity contribution in [2.45, 2.75) is 12.4 Å². The number of nitrogens with two attached hydrogens (primary N) is 1. The summed E-state index contributed by atoms with van der Waals surface area (Å²) in [5.74, 6) is -3.76. The molecule has 4 N–H and O–H groups in total. The zero-order chi connectivity index (χ0) is 18.1. The van der Waals surface area contributed by atoms with E-state index in [2.05, 4.69) is 4.74 Å². The van der Waals surface area contributed by atoms with E-state index in [4.69, 9.17) is 10.8 Å². The fourth-order valence-corrected chi connectivity index (χ4v) is 2.10. The van der Waals surface area contributed by atoms with Gasteiger partial charge in [0, 0.05) is 0 Å². The molecular weight excluding hydrogens is 370 g/mol. The van der Waals surface area contributed by atoms with Crippen LogP contribution in [0.1, 0.15) is 27.5 Å². The molecule has 0 radical (unpaired) electrons. The zero-order valence-corrected chi connectivity index (χ0v) is 13.1. The molecule has 0 fully saturated rings. The quantitative estimate of drug-likeness (QED) is 0.704. The Balaban J connectivity index is 0.00000312. The first-order valence-corrected chi connectivity index (χ1v) is 6.46. The van der Waals surface area contributed by atoms with Gasteiger partial charge in [-0.25, -0.2) is 9.18 Å². The summed E-state index contributed by atoms with van der Waals surface area (Å²) in [5, 5.41) is 18.8. The molecule has 10 heteroatoms. The topological polar surface area (TPSA) is 92.8 Å². The number of aromatic carboxylic acids is 1. The van der Waals surface area contributed by atoms with Crippen molar-refractivity contribution >= 4 is 18.4 Å². The summed E-state index contributed by atoms with van der Waals surface area (Å²) in [6.45, 7) is 0. The lowest BCUT2D eigenvalue weighted by molar-refractivity contribution is -0.274. The normalized spacial score (nSPS) is 12.2. The molecule has 0 unspecified atom stereocenters. The Morgan fingerprint density at radius 3 is 2.16 bits per heavy atom. The van der Waals surface area contributed by atoms with Crippen molar-refractivity contribution in [2.75, 3.05) is 0 Å². The minimum atomic E-state index is -4.86. The lowest BCUT2D eigenvalue weighted by Gasteiger charge is -2.17. The average Bonchev–Trinajstić information content (AvgIpc) is 2.45. The number of aromatic hydroxyl groups is 1. The predicted octanol–water partition coefficient (Wildman–Crippen LogP) is 3.60. The van der Waals surface area contributed by atoms with E-state index in [1.54, 1.807) is 0 Å². The van der Waals surface area contributed by atoms with Crippen molar-refractivity contribution in [3.05, 3.63) is 58.9 Å². The minimum absolute atomic E-state index is 0. The molecule has 0 saturated heterocycles. The SMILES string of the molecule is Cl.N[C@@H](c1ccc(OC(F)(F)F)cc1)c1c(F)ccc(C(=O)O)c1O. The monoisotopic (exact) mass is 381 g/mol. The van der Waals surface area contributed by atoms with Gasteiger partial charge in [-0.3, -0.25) is 0 Å². The second-order valence-electron chi connectivity index (χ2n) is 4.76. The summed E-state index contributed by atoms with van der Waals surface area (Å²) in [7, 11) is 0. The molecule has 0 aliphatic rings. The summed E-state index contributed by atoms with van der Waals surface area (Å²) in [5.41, 5.74) is 4.95. The number of alkyl halides is 3. The molecule has 2 aromatic carbocycles. The van der Waals surface area contributed by atoms with Gasteiger partial charge in [-0.1, -0.05) is 12.1 Å². The maximum absolute atomic E-state index is 13.9. The Morgan fingerprint density at radius 2 is 1.68 bits per heavy atom. The third kappa shape index (κ3) is 4.74. The molecule has 0 bridgehead atoms. The van der Waals surface area contributed by atoms with Gasteiger partial charge < -0.3 is 20.7 Å². The molecule has 2 rings (SSSR count). The van der Waals surface area contributed by atoms with E-state index in [0.717, 1.165) is 36.4 Å². The lowest BCUT2D eigenvalue weighted by Crippen LogP contribution is -2.18. The molecule has 0 heterocycles. The van der Waals surface area contributed by atoms with E-state index in [0.29, 0.717) is 0 Å². The van der Waals surface area contributed by atoms with Gasteiger partial charge in [0.15, 0.2) is 0 Å². The molecule has 0 spiro atoms. The van der Waals surface area contributed by atoms with Crippen molar-refractivity contribution in [1.82, 2.24) is 0 Å². The zero-order valence-electron chi connectivity index (χ0n) is 12.2. The molecule has 0 saturated carbocycles. The van der Waals surface area contributed by atoms with Gasteiger partial charge in [-0.05, 0) is 29.8 Å². The highest BCUT2D eigenvalue weighted by atomic mass is 35.5. The smallest absolute Gasteiger partial charge is 0.507 e. The predicted molar refractivity (Wildman–Crippen MR) is 81.4 cm³/mol. The van der Waals surface area contributed by atoms with Crippen LogP contribution in [0, 0.1) is 5.82 Å². The van der Waals surface area contributed by atoms with Gasteiger partial charge in [0.2, 0.25) is 0 Å². The van der Waals surface area contributed by atoms with Crippen LogP contribution in [0.25, 0.3) is 0 Å². The molecule has 2 aromatic rings. The summed E-state index contributed by atoms with van der Waals surface area (Å²) in [4.78, 5) is 11.0. The number of phenols is 1. The van der Waals surface area contributed by atoms with Gasteiger partial charge in [-0.15, -0.1) is 25.6 Å². The second-order valence-corrected chi connectivity index (χ2v) is 4.76. The fourth-order valence-electron chi connectivity index (χ4n) is 2.10. The van der Waals surface area contributed by atoms with E-state index < -0.39 is 46.8 Å². The number of carboxylic acid groups (broad SMARTS) is 1. The van der Waals surface area contributed by atoms with Gasteiger partial charge in [0.25, 0.3) is 0 Å². The van der Waals surface area contributed by atoms with Crippen LogP contribution in [0.3, 0.4) is 0 Å². The highest BCUT2D eigenvalue weighted by Crippen LogP contribution is 2.34. The van der Waals surface area contributed by atoms with Crippen molar-refractivity contribution in [3.8, 4) is 11.5 Å². The first-order valence-electron chi connectivity index (χ1n) is 6.46. The van der Waals surface area contributed by atoms with Crippen LogP contribution < -0.4 is 10.5 Å². The van der Waals surface area contributed by atoms with Crippen molar-refractivity contribution in [2.24, 2.45) is 5.73 Å². The fraction of sp³-hybridized carbons (Fsp3) is 0.133. The minimum Gasteiger partial charge on any atom is -0.507 e. The summed E-state index contributed by atoms with van der Waals surface area (Å²) in [6, 6.07) is 4.67. The molecule has 0 amide bonds. The van der Waals surface area contributed by atoms with Crippen LogP contribution in [0.5, 0.6) is 11.5 Å². The lowest BCUT2D eigenvalue weighted by atomic mass is 9.96. The number of rotatable bonds is 4. The highest BCUT2D eigenvalue weighted by Gasteiger charge is 2.31. The number of hydrogen-bond acceptors (Lipinski definition) is 4. The van der Waals surface area contributed by atoms with E-state index in [-0.39, 0.29) is 18.0 Å². The number of carboxylic acids is 1. The third-order valence-electron chi connectivity index (χ3n) is 3.18. The van der Waals surface area contributed by atoms with Crippen LogP contribution in [-0.2, 0) is 0 Å². The molecular formula is C15H12ClF4NO4. The van der Waals surface area contributed by atoms with E-state index in [1.807, 2.05) is 0 Å². The second kappa shape index (κ2) is 7.58. The average molecular weight is 382 g/mol. The van der Waals surface area contributed by atoms with Gasteiger partial charge in [-0.2, -0.15) is 0 Å². The van der Waals surface area contributed by atoms with Crippen LogP contribution in [0.2, 0.25) is 0 Å². The maximum atomic E-state index is 13.9. The molecule has 25 heavy (non-hydrogen) atoms. The van der Waals surface area contributed by atoms with E-state index in [1.165, 1.54) is 0 Å². The van der Waals surface area contributed by atoms with Crippen LogP contribution in [-0.4, -0.2) is 22.5 Å². The standard InChI is InChI=1S/C15H11F4NO4.ClH/c16-10-6-5-9(14(22)23)13(21)11(10)12(20)7-1-3-8(4-2-7)24-15(17,18)19;/h1-6,12,21H,20H2,(H,22,23);1H/t12-;/m0./s1. The van der Waals surface area contributed by atoms with Crippen LogP contribution in [0.15, 0.2) is 36.4 Å². The first kappa shape index (κ1) is 20.5. The van der Waals surface area contributed by atoms with Crippen molar-refractivity contribution < 1.29 is 37.3 Å². The molecule has 136 valence electrons. The Labute approximate surface area is 145 Å². The summed E-state index contributed by atoms with van der Waals surface area (Å²) < 4.78 is 53.9.